The lowest BCUT2D eigenvalue weighted by atomic mass is 10.1. The minimum Gasteiger partial charge on any atom is -0.493 e. The predicted octanol–water partition coefficient (Wildman–Crippen LogP) is 3.40. The van der Waals surface area contributed by atoms with Crippen LogP contribution in [0.5, 0.6) is 11.5 Å². The summed E-state index contributed by atoms with van der Waals surface area (Å²) in [5, 5.41) is 3.24. The molecule has 1 heterocycles. The van der Waals surface area contributed by atoms with E-state index in [2.05, 4.69) is 18.3 Å². The molecule has 0 saturated heterocycles. The van der Waals surface area contributed by atoms with Gasteiger partial charge in [-0.25, -0.2) is 0 Å². The van der Waals surface area contributed by atoms with E-state index in [9.17, 15) is 4.79 Å². The second kappa shape index (κ2) is 7.05. The SMILES string of the molecule is COc1cc(C)c(NCC(=O)N2c3ccccc3C[C@@H]2C)cc1OC. The van der Waals surface area contributed by atoms with Crippen molar-refractivity contribution in [2.75, 3.05) is 31.0 Å². The smallest absolute Gasteiger partial charge is 0.246 e. The molecule has 5 nitrogen and oxygen atoms in total. The molecule has 5 heteroatoms. The molecule has 1 N–H and O–H groups in total. The summed E-state index contributed by atoms with van der Waals surface area (Å²) in [5.41, 5.74) is 4.11. The fourth-order valence-corrected chi connectivity index (χ4v) is 3.37. The summed E-state index contributed by atoms with van der Waals surface area (Å²) in [5.74, 6) is 1.38. The maximum atomic E-state index is 12.8. The molecule has 0 spiro atoms. The first-order chi connectivity index (χ1) is 12.0. The molecular weight excluding hydrogens is 316 g/mol. The van der Waals surface area contributed by atoms with Gasteiger partial charge in [0.05, 0.1) is 20.8 Å². The highest BCUT2D eigenvalue weighted by Crippen LogP contribution is 2.34. The molecule has 0 unspecified atom stereocenters. The number of hydrogen-bond acceptors (Lipinski definition) is 4. The number of carbonyl (C=O) groups excluding carboxylic acids is 1. The van der Waals surface area contributed by atoms with E-state index in [1.807, 2.05) is 42.2 Å². The van der Waals surface area contributed by atoms with Crippen LogP contribution in [0, 0.1) is 6.92 Å². The number of fused-ring (bicyclic) bond motifs is 1. The lowest BCUT2D eigenvalue weighted by molar-refractivity contribution is -0.117. The minimum absolute atomic E-state index is 0.0617. The Kier molecular flexibility index (Phi) is 4.83. The van der Waals surface area contributed by atoms with Crippen LogP contribution in [0.15, 0.2) is 36.4 Å². The largest absolute Gasteiger partial charge is 0.493 e. The second-order valence-corrected chi connectivity index (χ2v) is 6.32. The highest BCUT2D eigenvalue weighted by Gasteiger charge is 2.30. The molecule has 0 radical (unpaired) electrons. The molecule has 1 aliphatic rings. The lowest BCUT2D eigenvalue weighted by Gasteiger charge is -2.23. The second-order valence-electron chi connectivity index (χ2n) is 6.32. The summed E-state index contributed by atoms with van der Waals surface area (Å²) in [6, 6.07) is 12.0. The van der Waals surface area contributed by atoms with Gasteiger partial charge in [0.1, 0.15) is 0 Å². The Morgan fingerprint density at radius 3 is 2.60 bits per heavy atom. The van der Waals surface area contributed by atoms with Crippen LogP contribution in [-0.4, -0.2) is 32.7 Å². The number of nitrogens with one attached hydrogen (secondary N) is 1. The molecule has 1 aliphatic heterocycles. The third kappa shape index (κ3) is 3.27. The monoisotopic (exact) mass is 340 g/mol. The van der Waals surface area contributed by atoms with Gasteiger partial charge in [0.25, 0.3) is 0 Å². The van der Waals surface area contributed by atoms with Crippen molar-refractivity contribution < 1.29 is 14.3 Å². The number of rotatable bonds is 5. The van der Waals surface area contributed by atoms with Gasteiger partial charge in [-0.2, -0.15) is 0 Å². The zero-order valence-corrected chi connectivity index (χ0v) is 15.1. The molecule has 1 atom stereocenters. The minimum atomic E-state index is 0.0617. The first kappa shape index (κ1) is 17.1. The molecule has 25 heavy (non-hydrogen) atoms. The molecule has 2 aromatic rings. The molecular formula is C20H24N2O3. The zero-order valence-electron chi connectivity index (χ0n) is 15.1. The third-order valence-corrected chi connectivity index (χ3v) is 4.64. The molecule has 0 saturated carbocycles. The molecule has 2 aromatic carbocycles. The molecule has 0 fully saturated rings. The van der Waals surface area contributed by atoms with Crippen LogP contribution in [0.2, 0.25) is 0 Å². The quantitative estimate of drug-likeness (QED) is 0.906. The van der Waals surface area contributed by atoms with E-state index in [4.69, 9.17) is 9.47 Å². The van der Waals surface area contributed by atoms with Crippen molar-refractivity contribution in [2.45, 2.75) is 26.3 Å². The topological polar surface area (TPSA) is 50.8 Å². The Bertz CT molecular complexity index is 789. The van der Waals surface area contributed by atoms with Gasteiger partial charge in [0.2, 0.25) is 5.91 Å². The van der Waals surface area contributed by atoms with Gasteiger partial charge in [0.15, 0.2) is 11.5 Å². The Morgan fingerprint density at radius 2 is 1.88 bits per heavy atom. The number of hydrogen-bond donors (Lipinski definition) is 1. The van der Waals surface area contributed by atoms with E-state index >= 15 is 0 Å². The van der Waals surface area contributed by atoms with Crippen LogP contribution in [-0.2, 0) is 11.2 Å². The summed E-state index contributed by atoms with van der Waals surface area (Å²) in [4.78, 5) is 14.7. The van der Waals surface area contributed by atoms with Crippen LogP contribution in [0.3, 0.4) is 0 Å². The molecule has 0 aliphatic carbocycles. The maximum absolute atomic E-state index is 12.8. The van der Waals surface area contributed by atoms with Gasteiger partial charge in [-0.15, -0.1) is 0 Å². The van der Waals surface area contributed by atoms with E-state index in [1.54, 1.807) is 14.2 Å². The zero-order chi connectivity index (χ0) is 18.0. The van der Waals surface area contributed by atoms with E-state index in [1.165, 1.54) is 5.56 Å². The summed E-state index contributed by atoms with van der Waals surface area (Å²) in [7, 11) is 3.21. The average Bonchev–Trinajstić information content (AvgIpc) is 2.95. The molecule has 0 bridgehead atoms. The first-order valence-electron chi connectivity index (χ1n) is 8.41. The summed E-state index contributed by atoms with van der Waals surface area (Å²) in [6.07, 6.45) is 0.900. The first-order valence-corrected chi connectivity index (χ1v) is 8.41. The number of para-hydroxylation sites is 1. The van der Waals surface area contributed by atoms with Gasteiger partial charge in [-0.05, 0) is 43.5 Å². The van der Waals surface area contributed by atoms with Crippen molar-refractivity contribution in [3.05, 3.63) is 47.5 Å². The average molecular weight is 340 g/mol. The summed E-state index contributed by atoms with van der Waals surface area (Å²) < 4.78 is 10.6. The number of methoxy groups -OCH3 is 2. The van der Waals surface area contributed by atoms with Crippen molar-refractivity contribution in [1.82, 2.24) is 0 Å². The van der Waals surface area contributed by atoms with Gasteiger partial charge in [-0.3, -0.25) is 4.79 Å². The van der Waals surface area contributed by atoms with Crippen molar-refractivity contribution in [2.24, 2.45) is 0 Å². The van der Waals surface area contributed by atoms with Gasteiger partial charge in [0, 0.05) is 23.5 Å². The van der Waals surface area contributed by atoms with Crippen molar-refractivity contribution in [1.29, 1.82) is 0 Å². The maximum Gasteiger partial charge on any atom is 0.246 e. The standard InChI is InChI=1S/C20H24N2O3/c1-13-9-18(24-3)19(25-4)11-16(13)21-12-20(23)22-14(2)10-15-7-5-6-8-17(15)22/h5-9,11,14,21H,10,12H2,1-4H3/t14-/m0/s1. The van der Waals surface area contributed by atoms with Gasteiger partial charge >= 0.3 is 0 Å². The normalized spacial score (nSPS) is 15.7. The number of ether oxygens (including phenoxy) is 2. The van der Waals surface area contributed by atoms with Gasteiger partial charge in [-0.1, -0.05) is 18.2 Å². The fraction of sp³-hybridized carbons (Fsp3) is 0.350. The fourth-order valence-electron chi connectivity index (χ4n) is 3.37. The van der Waals surface area contributed by atoms with E-state index in [0.29, 0.717) is 11.5 Å². The Labute approximate surface area is 148 Å². The van der Waals surface area contributed by atoms with E-state index in [-0.39, 0.29) is 18.5 Å². The molecule has 3 rings (SSSR count). The number of anilines is 2. The van der Waals surface area contributed by atoms with Crippen LogP contribution in [0.4, 0.5) is 11.4 Å². The number of carbonyl (C=O) groups is 1. The highest BCUT2D eigenvalue weighted by molar-refractivity contribution is 5.98. The summed E-state index contributed by atoms with van der Waals surface area (Å²) >= 11 is 0. The summed E-state index contributed by atoms with van der Waals surface area (Å²) in [6.45, 7) is 4.29. The number of benzene rings is 2. The Hall–Kier alpha value is -2.69. The predicted molar refractivity (Wildman–Crippen MR) is 99.9 cm³/mol. The van der Waals surface area contributed by atoms with Crippen LogP contribution in [0.1, 0.15) is 18.1 Å². The molecule has 1 amide bonds. The van der Waals surface area contributed by atoms with Crippen molar-refractivity contribution >= 4 is 17.3 Å². The molecule has 132 valence electrons. The highest BCUT2D eigenvalue weighted by atomic mass is 16.5. The van der Waals surface area contributed by atoms with E-state index in [0.717, 1.165) is 23.4 Å². The Balaban J connectivity index is 1.75. The number of amides is 1. The van der Waals surface area contributed by atoms with Crippen LogP contribution < -0.4 is 19.7 Å². The van der Waals surface area contributed by atoms with E-state index < -0.39 is 0 Å². The lowest BCUT2D eigenvalue weighted by Crippen LogP contribution is -2.39. The third-order valence-electron chi connectivity index (χ3n) is 4.64. The van der Waals surface area contributed by atoms with Crippen molar-refractivity contribution in [3.8, 4) is 11.5 Å². The van der Waals surface area contributed by atoms with Crippen LogP contribution in [0.25, 0.3) is 0 Å². The number of nitrogens with zero attached hydrogens (tertiary/aromatic N) is 1. The number of aryl methyl sites for hydroxylation is 1. The Morgan fingerprint density at radius 1 is 1.20 bits per heavy atom. The van der Waals surface area contributed by atoms with Crippen molar-refractivity contribution in [3.63, 3.8) is 0 Å². The van der Waals surface area contributed by atoms with Crippen LogP contribution >= 0.6 is 0 Å². The molecule has 0 aromatic heterocycles. The van der Waals surface area contributed by atoms with Gasteiger partial charge < -0.3 is 19.7 Å².